The second-order valence-corrected chi connectivity index (χ2v) is 6.73. The first-order chi connectivity index (χ1) is 9.49. The van der Waals surface area contributed by atoms with Crippen LogP contribution in [-0.4, -0.2) is 19.6 Å². The van der Waals surface area contributed by atoms with E-state index in [0.29, 0.717) is 12.0 Å². The molecule has 0 saturated carbocycles. The van der Waals surface area contributed by atoms with E-state index in [1.807, 2.05) is 0 Å². The maximum atomic E-state index is 3.61. The Kier molecular flexibility index (Phi) is 7.60. The average molecular weight is 341 g/mol. The number of hydrogen-bond donors (Lipinski definition) is 1. The lowest BCUT2D eigenvalue weighted by Gasteiger charge is -2.29. The summed E-state index contributed by atoms with van der Waals surface area (Å²) in [6, 6.07) is 7.03. The van der Waals surface area contributed by atoms with Gasteiger partial charge in [0.2, 0.25) is 0 Å². The first kappa shape index (κ1) is 17.5. The maximum absolute atomic E-state index is 3.61. The molecule has 0 spiro atoms. The molecule has 0 radical (unpaired) electrons. The Morgan fingerprint density at radius 3 is 2.45 bits per heavy atom. The summed E-state index contributed by atoms with van der Waals surface area (Å²) < 4.78 is 1.15. The first-order valence-corrected chi connectivity index (χ1v) is 8.56. The van der Waals surface area contributed by atoms with Crippen LogP contribution in [0.4, 0.5) is 5.69 Å². The van der Waals surface area contributed by atoms with E-state index in [2.05, 4.69) is 79.0 Å². The van der Waals surface area contributed by atoms with Crippen molar-refractivity contribution < 1.29 is 0 Å². The van der Waals surface area contributed by atoms with Crippen molar-refractivity contribution in [3.8, 4) is 0 Å². The lowest BCUT2D eigenvalue weighted by molar-refractivity contribution is 0.564. The molecule has 0 bridgehead atoms. The van der Waals surface area contributed by atoms with Crippen molar-refractivity contribution in [2.24, 2.45) is 5.92 Å². The van der Waals surface area contributed by atoms with E-state index >= 15 is 0 Å². The maximum Gasteiger partial charge on any atom is 0.0415 e. The predicted molar refractivity (Wildman–Crippen MR) is 93.6 cm³/mol. The predicted octanol–water partition coefficient (Wildman–Crippen LogP) is 4.99. The molecule has 1 aromatic carbocycles. The van der Waals surface area contributed by atoms with Gasteiger partial charge in [-0.2, -0.15) is 0 Å². The van der Waals surface area contributed by atoms with Gasteiger partial charge in [0, 0.05) is 29.3 Å². The van der Waals surface area contributed by atoms with Crippen LogP contribution < -0.4 is 10.2 Å². The zero-order chi connectivity index (χ0) is 15.1. The van der Waals surface area contributed by atoms with Gasteiger partial charge < -0.3 is 10.2 Å². The Morgan fingerprint density at radius 1 is 1.20 bits per heavy atom. The van der Waals surface area contributed by atoms with Gasteiger partial charge in [-0.15, -0.1) is 0 Å². The van der Waals surface area contributed by atoms with Crippen LogP contribution in [0, 0.1) is 5.92 Å². The molecule has 0 aromatic heterocycles. The zero-order valence-corrected chi connectivity index (χ0v) is 15.1. The summed E-state index contributed by atoms with van der Waals surface area (Å²) in [6.45, 7) is 14.5. The van der Waals surface area contributed by atoms with Crippen LogP contribution in [0.5, 0.6) is 0 Å². The molecular formula is C17H29BrN2. The monoisotopic (exact) mass is 340 g/mol. The van der Waals surface area contributed by atoms with Gasteiger partial charge in [0.1, 0.15) is 0 Å². The summed E-state index contributed by atoms with van der Waals surface area (Å²) in [6.07, 6.45) is 1.16. The third-order valence-electron chi connectivity index (χ3n) is 3.46. The number of nitrogens with zero attached hydrogens (tertiary/aromatic N) is 1. The number of anilines is 1. The van der Waals surface area contributed by atoms with E-state index < -0.39 is 0 Å². The number of nitrogens with one attached hydrogen (secondary N) is 1. The molecule has 0 amide bonds. The molecule has 1 rings (SSSR count). The quantitative estimate of drug-likeness (QED) is 0.716. The smallest absolute Gasteiger partial charge is 0.0415 e. The molecule has 1 unspecified atom stereocenters. The summed E-state index contributed by atoms with van der Waals surface area (Å²) in [4.78, 5) is 2.48. The van der Waals surface area contributed by atoms with Crippen molar-refractivity contribution in [1.82, 2.24) is 5.32 Å². The Bertz CT molecular complexity index is 404. The minimum atomic E-state index is 0.378. The fraction of sp³-hybridized carbons (Fsp3) is 0.647. The van der Waals surface area contributed by atoms with Gasteiger partial charge in [0.25, 0.3) is 0 Å². The molecule has 0 aliphatic carbocycles. The molecular weight excluding hydrogens is 312 g/mol. The molecule has 2 nitrogen and oxygen atoms in total. The zero-order valence-electron chi connectivity index (χ0n) is 13.5. The van der Waals surface area contributed by atoms with Gasteiger partial charge in [-0.05, 0) is 56.5 Å². The summed E-state index contributed by atoms with van der Waals surface area (Å²) in [5, 5.41) is 3.60. The highest BCUT2D eigenvalue weighted by Gasteiger charge is 2.15. The Hall–Kier alpha value is -0.540. The van der Waals surface area contributed by atoms with Crippen molar-refractivity contribution in [2.45, 2.75) is 47.1 Å². The molecule has 3 heteroatoms. The average Bonchev–Trinajstić information content (AvgIpc) is 2.42. The van der Waals surface area contributed by atoms with Crippen LogP contribution in [0.15, 0.2) is 22.7 Å². The van der Waals surface area contributed by atoms with E-state index in [9.17, 15) is 0 Å². The number of halogens is 1. The van der Waals surface area contributed by atoms with Crippen molar-refractivity contribution >= 4 is 21.6 Å². The van der Waals surface area contributed by atoms with Crippen molar-refractivity contribution in [3.63, 3.8) is 0 Å². The van der Waals surface area contributed by atoms with E-state index in [1.54, 1.807) is 0 Å². The molecule has 1 N–H and O–H groups in total. The van der Waals surface area contributed by atoms with Crippen LogP contribution in [0.1, 0.15) is 52.6 Å². The summed E-state index contributed by atoms with van der Waals surface area (Å²) in [7, 11) is 0. The second-order valence-electron chi connectivity index (χ2n) is 5.81. The number of benzene rings is 1. The third kappa shape index (κ3) is 5.10. The lowest BCUT2D eigenvalue weighted by Crippen LogP contribution is -2.30. The van der Waals surface area contributed by atoms with Crippen LogP contribution >= 0.6 is 15.9 Å². The summed E-state index contributed by atoms with van der Waals surface area (Å²) in [5.41, 5.74) is 2.75. The fourth-order valence-corrected chi connectivity index (χ4v) is 2.85. The van der Waals surface area contributed by atoms with Crippen molar-refractivity contribution in [1.29, 1.82) is 0 Å². The molecule has 114 valence electrons. The van der Waals surface area contributed by atoms with Crippen LogP contribution in [0.2, 0.25) is 0 Å². The highest BCUT2D eigenvalue weighted by atomic mass is 79.9. The molecule has 0 aliphatic heterocycles. The first-order valence-electron chi connectivity index (χ1n) is 7.77. The lowest BCUT2D eigenvalue weighted by atomic mass is 10.0. The van der Waals surface area contributed by atoms with Gasteiger partial charge in [-0.25, -0.2) is 0 Å². The molecule has 0 heterocycles. The summed E-state index contributed by atoms with van der Waals surface area (Å²) in [5.74, 6) is 0.672. The van der Waals surface area contributed by atoms with Gasteiger partial charge in [0.05, 0.1) is 0 Å². The van der Waals surface area contributed by atoms with Gasteiger partial charge >= 0.3 is 0 Å². The van der Waals surface area contributed by atoms with Gasteiger partial charge in [-0.3, -0.25) is 0 Å². The van der Waals surface area contributed by atoms with Crippen LogP contribution in [0.3, 0.4) is 0 Å². The van der Waals surface area contributed by atoms with Crippen LogP contribution in [-0.2, 0) is 0 Å². The van der Waals surface area contributed by atoms with Crippen molar-refractivity contribution in [2.75, 3.05) is 24.5 Å². The van der Waals surface area contributed by atoms with Crippen LogP contribution in [0.25, 0.3) is 0 Å². The molecule has 1 aromatic rings. The standard InChI is InChI=1S/C17H29BrN2/c1-6-10-19-14(5)16-11-15(18)8-9-17(16)20(7-2)12-13(3)4/h8-9,11,13-14,19H,6-7,10,12H2,1-5H3. The fourth-order valence-electron chi connectivity index (χ4n) is 2.47. The minimum Gasteiger partial charge on any atom is -0.371 e. The molecule has 0 fully saturated rings. The van der Waals surface area contributed by atoms with E-state index in [-0.39, 0.29) is 0 Å². The Labute approximate surface area is 133 Å². The highest BCUT2D eigenvalue weighted by molar-refractivity contribution is 9.10. The Balaban J connectivity index is 3.04. The molecule has 0 aliphatic rings. The minimum absolute atomic E-state index is 0.378. The summed E-state index contributed by atoms with van der Waals surface area (Å²) >= 11 is 3.61. The normalized spacial score (nSPS) is 12.8. The third-order valence-corrected chi connectivity index (χ3v) is 3.96. The van der Waals surface area contributed by atoms with Crippen molar-refractivity contribution in [3.05, 3.63) is 28.2 Å². The second kappa shape index (κ2) is 8.68. The molecule has 0 saturated heterocycles. The van der Waals surface area contributed by atoms with Gasteiger partial charge in [0.15, 0.2) is 0 Å². The molecule has 1 atom stereocenters. The van der Waals surface area contributed by atoms with Gasteiger partial charge in [-0.1, -0.05) is 36.7 Å². The highest BCUT2D eigenvalue weighted by Crippen LogP contribution is 2.30. The topological polar surface area (TPSA) is 15.3 Å². The number of rotatable bonds is 8. The number of hydrogen-bond acceptors (Lipinski definition) is 2. The van der Waals surface area contributed by atoms with E-state index in [4.69, 9.17) is 0 Å². The van der Waals surface area contributed by atoms with E-state index in [0.717, 1.165) is 30.5 Å². The van der Waals surface area contributed by atoms with E-state index in [1.165, 1.54) is 11.3 Å². The SMILES string of the molecule is CCCNC(C)c1cc(Br)ccc1N(CC)CC(C)C. The Morgan fingerprint density at radius 2 is 1.90 bits per heavy atom. The molecule has 20 heavy (non-hydrogen) atoms. The largest absolute Gasteiger partial charge is 0.371 e.